The van der Waals surface area contributed by atoms with E-state index in [4.69, 9.17) is 32.8 Å². The molecule has 8 nitrogen and oxygen atoms in total. The Balaban J connectivity index is 1.53. The molecule has 0 saturated carbocycles. The summed E-state index contributed by atoms with van der Waals surface area (Å²) in [6.45, 7) is 7.41. The zero-order chi connectivity index (χ0) is 34.5. The molecule has 0 radical (unpaired) electrons. The van der Waals surface area contributed by atoms with Crippen LogP contribution < -0.4 is 0 Å². The van der Waals surface area contributed by atoms with Gasteiger partial charge in [0.1, 0.15) is 6.10 Å². The van der Waals surface area contributed by atoms with Crippen LogP contribution in [0.1, 0.15) is 22.3 Å². The van der Waals surface area contributed by atoms with Crippen LogP contribution in [0, 0.1) is 6.10 Å². The number of hydrogen-bond donors (Lipinski definition) is 0. The molecule has 1 aliphatic heterocycles. The lowest BCUT2D eigenvalue weighted by Gasteiger charge is -2.40. The van der Waals surface area contributed by atoms with E-state index in [2.05, 4.69) is 0 Å². The van der Waals surface area contributed by atoms with Crippen LogP contribution in [0.25, 0.3) is 0 Å². The summed E-state index contributed by atoms with van der Waals surface area (Å²) >= 11 is 0. The summed E-state index contributed by atoms with van der Waals surface area (Å²) in [6.07, 6.45) is -3.73. The largest absolute Gasteiger partial charge is 0.464 e. The molecule has 3 unspecified atom stereocenters. The van der Waals surface area contributed by atoms with Crippen LogP contribution in [-0.4, -0.2) is 58.5 Å². The molecule has 1 heterocycles. The fourth-order valence-corrected chi connectivity index (χ4v) is 6.52. The van der Waals surface area contributed by atoms with Gasteiger partial charge in [0.25, 0.3) is 6.10 Å². The van der Waals surface area contributed by atoms with Gasteiger partial charge in [0.2, 0.25) is 0 Å². The van der Waals surface area contributed by atoms with E-state index in [-0.39, 0.29) is 25.9 Å². The van der Waals surface area contributed by atoms with E-state index in [0.29, 0.717) is 13.2 Å². The molecular formula is C40H47O8Si+. The van der Waals surface area contributed by atoms with Gasteiger partial charge in [0.15, 0.2) is 20.5 Å². The van der Waals surface area contributed by atoms with Gasteiger partial charge < -0.3 is 28.1 Å². The van der Waals surface area contributed by atoms with Crippen molar-refractivity contribution in [1.82, 2.24) is 0 Å². The van der Waals surface area contributed by atoms with E-state index < -0.39 is 44.8 Å². The summed E-state index contributed by atoms with van der Waals surface area (Å²) in [4.78, 5) is 13.5. The smallest absolute Gasteiger partial charge is 0.386 e. The van der Waals surface area contributed by atoms with E-state index in [0.717, 1.165) is 22.3 Å². The highest BCUT2D eigenvalue weighted by molar-refractivity contribution is 6.69. The lowest BCUT2D eigenvalue weighted by atomic mass is 9.91. The standard InChI is InChI=1S/C40H47O8Si/c1-42-40(41)39(48-49(2,3)4)38-37(46-28-33-23-15-8-16-24-33)36(45-27-32-21-13-7-14-22-32)35(44-26-31-19-11-6-12-20-31)34(47-38)29-43-25-30-17-9-5-10-18-30/h5-24,34-37,39H,25-29H2,1-4H3/q+1/t34?,35-,36+,37?,39?/m0/s1. The first-order chi connectivity index (χ1) is 23.8. The van der Waals surface area contributed by atoms with Gasteiger partial charge in [-0.3, -0.25) is 0 Å². The Bertz CT molecular complexity index is 1520. The van der Waals surface area contributed by atoms with E-state index in [1.165, 1.54) is 7.11 Å². The minimum Gasteiger partial charge on any atom is -0.464 e. The maximum atomic E-state index is 13.5. The number of ether oxygens (including phenoxy) is 6. The normalized spacial score (nSPS) is 20.1. The number of benzene rings is 4. The summed E-state index contributed by atoms with van der Waals surface area (Å²) in [5.41, 5.74) is 3.97. The van der Waals surface area contributed by atoms with Gasteiger partial charge in [0, 0.05) is 0 Å². The quantitative estimate of drug-likeness (QED) is 0.0653. The summed E-state index contributed by atoms with van der Waals surface area (Å²) in [5.74, 6) is -0.569. The second-order valence-corrected chi connectivity index (χ2v) is 17.4. The van der Waals surface area contributed by atoms with Crippen molar-refractivity contribution in [2.24, 2.45) is 0 Å². The highest BCUT2D eigenvalue weighted by Crippen LogP contribution is 2.38. The van der Waals surface area contributed by atoms with Gasteiger partial charge in [-0.25, -0.2) is 4.79 Å². The van der Waals surface area contributed by atoms with Crippen LogP contribution in [0.4, 0.5) is 0 Å². The second-order valence-electron chi connectivity index (χ2n) is 12.9. The van der Waals surface area contributed by atoms with Crippen LogP contribution in [0.2, 0.25) is 19.6 Å². The highest BCUT2D eigenvalue weighted by atomic mass is 28.4. The number of hydrogen-bond acceptors (Lipinski definition) is 8. The molecule has 0 amide bonds. The molecule has 1 fully saturated rings. The maximum absolute atomic E-state index is 13.5. The Labute approximate surface area is 291 Å². The van der Waals surface area contributed by atoms with E-state index in [9.17, 15) is 4.79 Å². The monoisotopic (exact) mass is 683 g/mol. The topological polar surface area (TPSA) is 81.7 Å². The van der Waals surface area contributed by atoms with Crippen molar-refractivity contribution in [3.05, 3.63) is 150 Å². The summed E-state index contributed by atoms with van der Waals surface area (Å²) in [7, 11) is -0.972. The van der Waals surface area contributed by atoms with Crippen molar-refractivity contribution in [1.29, 1.82) is 0 Å². The van der Waals surface area contributed by atoms with Crippen LogP contribution in [-0.2, 0) is 64.1 Å². The lowest BCUT2D eigenvalue weighted by Crippen LogP contribution is -2.62. The minimum absolute atomic E-state index is 0.162. The second kappa shape index (κ2) is 18.3. The van der Waals surface area contributed by atoms with Crippen molar-refractivity contribution in [3.63, 3.8) is 0 Å². The molecule has 5 atom stereocenters. The molecule has 0 aliphatic carbocycles. The summed E-state index contributed by atoms with van der Waals surface area (Å²) in [6, 6.07) is 39.7. The van der Waals surface area contributed by atoms with Gasteiger partial charge in [-0.15, -0.1) is 0 Å². The van der Waals surface area contributed by atoms with Crippen molar-refractivity contribution in [2.45, 2.75) is 76.6 Å². The zero-order valence-electron chi connectivity index (χ0n) is 28.7. The van der Waals surface area contributed by atoms with Crippen LogP contribution in [0.5, 0.6) is 0 Å². The van der Waals surface area contributed by atoms with Gasteiger partial charge in [0.05, 0.1) is 40.1 Å². The van der Waals surface area contributed by atoms with Crippen molar-refractivity contribution in [3.8, 4) is 0 Å². The first kappa shape index (κ1) is 36.5. The van der Waals surface area contributed by atoms with Gasteiger partial charge in [-0.1, -0.05) is 121 Å². The average Bonchev–Trinajstić information content (AvgIpc) is 3.12. The number of esters is 1. The third kappa shape index (κ3) is 11.1. The Morgan fingerprint density at radius 3 is 1.53 bits per heavy atom. The maximum Gasteiger partial charge on any atom is 0.386 e. The van der Waals surface area contributed by atoms with Gasteiger partial charge >= 0.3 is 18.2 Å². The Morgan fingerprint density at radius 1 is 0.653 bits per heavy atom. The molecule has 4 aromatic rings. The first-order valence-corrected chi connectivity index (χ1v) is 20.1. The van der Waals surface area contributed by atoms with Crippen molar-refractivity contribution < 1.29 is 37.6 Å². The van der Waals surface area contributed by atoms with Crippen LogP contribution >= 0.6 is 0 Å². The molecule has 0 aromatic heterocycles. The number of carbonyl (C=O) groups excluding carboxylic acids is 1. The number of methoxy groups -OCH3 is 1. The van der Waals surface area contributed by atoms with Crippen LogP contribution in [0.3, 0.4) is 0 Å². The minimum atomic E-state index is -2.32. The molecule has 258 valence electrons. The molecule has 0 spiro atoms. The average molecular weight is 684 g/mol. The van der Waals surface area contributed by atoms with E-state index >= 15 is 0 Å². The molecule has 1 aliphatic rings. The lowest BCUT2D eigenvalue weighted by molar-refractivity contribution is -0.252. The molecule has 1 saturated heterocycles. The van der Waals surface area contributed by atoms with Gasteiger partial charge in [-0.2, -0.15) is 4.74 Å². The summed E-state index contributed by atoms with van der Waals surface area (Å²) in [5, 5.41) is 0. The first-order valence-electron chi connectivity index (χ1n) is 16.7. The SMILES string of the molecule is COC(=O)C(O[Si](C)(C)C)[C+]1OC(COCc2ccccc2)[C@H](OCc2ccccc2)[C@@H](OCc2ccccc2)C1OCc1ccccc1. The third-order valence-corrected chi connectivity index (χ3v) is 8.88. The molecule has 5 rings (SSSR count). The van der Waals surface area contributed by atoms with Crippen molar-refractivity contribution in [2.75, 3.05) is 13.7 Å². The molecule has 0 N–H and O–H groups in total. The van der Waals surface area contributed by atoms with Crippen molar-refractivity contribution >= 4 is 14.3 Å². The van der Waals surface area contributed by atoms with Crippen LogP contribution in [0.15, 0.2) is 121 Å². The zero-order valence-corrected chi connectivity index (χ0v) is 29.7. The number of rotatable bonds is 17. The predicted molar refractivity (Wildman–Crippen MR) is 190 cm³/mol. The fourth-order valence-electron chi connectivity index (χ4n) is 5.60. The number of carbonyl (C=O) groups is 1. The predicted octanol–water partition coefficient (Wildman–Crippen LogP) is 7.28. The molecular weight excluding hydrogens is 637 g/mol. The molecule has 9 heteroatoms. The molecule has 49 heavy (non-hydrogen) atoms. The molecule has 4 aromatic carbocycles. The fraction of sp³-hybridized carbons (Fsp3) is 0.350. The Morgan fingerprint density at radius 2 is 1.08 bits per heavy atom. The molecule has 0 bridgehead atoms. The van der Waals surface area contributed by atoms with E-state index in [1.54, 1.807) is 0 Å². The van der Waals surface area contributed by atoms with E-state index in [1.807, 2.05) is 141 Å². The summed E-state index contributed by atoms with van der Waals surface area (Å²) < 4.78 is 45.1. The Kier molecular flexibility index (Phi) is 13.6. The van der Waals surface area contributed by atoms with Gasteiger partial charge in [-0.05, 0) is 41.9 Å². The highest BCUT2D eigenvalue weighted by Gasteiger charge is 2.63. The third-order valence-electron chi connectivity index (χ3n) is 7.94. The Hall–Kier alpha value is -3.80.